The van der Waals surface area contributed by atoms with Gasteiger partial charge in [-0.3, -0.25) is 4.79 Å². The molecule has 1 amide bonds. The normalized spacial score (nSPS) is 11.0. The Hall–Kier alpha value is -2.25. The Kier molecular flexibility index (Phi) is 5.36. The first-order chi connectivity index (χ1) is 11.3. The van der Waals surface area contributed by atoms with Crippen LogP contribution in [0.4, 0.5) is 5.69 Å². The quantitative estimate of drug-likeness (QED) is 0.876. The van der Waals surface area contributed by atoms with Gasteiger partial charge in [0.05, 0.1) is 29.8 Å². The Balaban J connectivity index is 2.33. The van der Waals surface area contributed by atoms with Crippen molar-refractivity contribution >= 4 is 33.0 Å². The maximum atomic E-state index is 12.4. The van der Waals surface area contributed by atoms with Crippen molar-refractivity contribution in [1.29, 1.82) is 0 Å². The molecule has 0 aliphatic heterocycles. The summed E-state index contributed by atoms with van der Waals surface area (Å²) in [6, 6.07) is 8.79. The zero-order valence-corrected chi connectivity index (χ0v) is 14.9. The van der Waals surface area contributed by atoms with E-state index in [0.717, 1.165) is 6.26 Å². The highest BCUT2D eigenvalue weighted by atomic mass is 35.5. The summed E-state index contributed by atoms with van der Waals surface area (Å²) in [6.45, 7) is 0. The van der Waals surface area contributed by atoms with Crippen molar-refractivity contribution in [3.8, 4) is 11.5 Å². The van der Waals surface area contributed by atoms with E-state index in [4.69, 9.17) is 21.1 Å². The molecule has 0 unspecified atom stereocenters. The van der Waals surface area contributed by atoms with E-state index in [1.165, 1.54) is 38.5 Å². The van der Waals surface area contributed by atoms with Crippen LogP contribution < -0.4 is 14.8 Å². The van der Waals surface area contributed by atoms with Crippen LogP contribution in [0.1, 0.15) is 10.4 Å². The number of halogens is 1. The maximum Gasteiger partial charge on any atom is 0.255 e. The molecule has 24 heavy (non-hydrogen) atoms. The number of carbonyl (C=O) groups excluding carboxylic acids is 1. The lowest BCUT2D eigenvalue weighted by Gasteiger charge is -2.11. The molecule has 0 fully saturated rings. The second kappa shape index (κ2) is 7.11. The molecule has 1 N–H and O–H groups in total. The van der Waals surface area contributed by atoms with Gasteiger partial charge in [-0.1, -0.05) is 11.6 Å². The third kappa shape index (κ3) is 3.98. The zero-order valence-electron chi connectivity index (χ0n) is 13.3. The first-order valence-corrected chi connectivity index (χ1v) is 9.06. The number of sulfone groups is 1. The van der Waals surface area contributed by atoms with Gasteiger partial charge in [-0.25, -0.2) is 8.42 Å². The van der Waals surface area contributed by atoms with E-state index in [1.807, 2.05) is 0 Å². The van der Waals surface area contributed by atoms with Gasteiger partial charge in [-0.2, -0.15) is 0 Å². The smallest absolute Gasteiger partial charge is 0.255 e. The van der Waals surface area contributed by atoms with Crippen molar-refractivity contribution in [3.63, 3.8) is 0 Å². The lowest BCUT2D eigenvalue weighted by atomic mass is 10.2. The van der Waals surface area contributed by atoms with Crippen molar-refractivity contribution in [2.45, 2.75) is 4.90 Å². The Labute approximate surface area is 145 Å². The number of rotatable bonds is 5. The Bertz CT molecular complexity index is 880. The summed E-state index contributed by atoms with van der Waals surface area (Å²) < 4.78 is 33.5. The second-order valence-electron chi connectivity index (χ2n) is 4.94. The minimum atomic E-state index is -3.41. The lowest BCUT2D eigenvalue weighted by molar-refractivity contribution is 0.102. The van der Waals surface area contributed by atoms with E-state index in [0.29, 0.717) is 17.1 Å². The number of methoxy groups -OCH3 is 2. The predicted octanol–water partition coefficient (Wildman–Crippen LogP) is 3.01. The molecule has 0 saturated carbocycles. The van der Waals surface area contributed by atoms with Crippen molar-refractivity contribution in [2.75, 3.05) is 25.8 Å². The highest BCUT2D eigenvalue weighted by Gasteiger charge is 2.15. The van der Waals surface area contributed by atoms with Crippen LogP contribution >= 0.6 is 11.6 Å². The van der Waals surface area contributed by atoms with Gasteiger partial charge in [0.1, 0.15) is 0 Å². The fourth-order valence-corrected chi connectivity index (χ4v) is 2.81. The highest BCUT2D eigenvalue weighted by Crippen LogP contribution is 2.29. The van der Waals surface area contributed by atoms with Gasteiger partial charge in [0.15, 0.2) is 21.3 Å². The fraction of sp³-hybridized carbons (Fsp3) is 0.188. The molecule has 0 heterocycles. The summed E-state index contributed by atoms with van der Waals surface area (Å²) >= 11 is 6.03. The summed E-state index contributed by atoms with van der Waals surface area (Å²) in [6.07, 6.45) is 1.08. The fourth-order valence-electron chi connectivity index (χ4n) is 2.00. The molecule has 0 atom stereocenters. The van der Waals surface area contributed by atoms with E-state index in [2.05, 4.69) is 5.32 Å². The summed E-state index contributed by atoms with van der Waals surface area (Å²) in [5.41, 5.74) is 0.521. The summed E-state index contributed by atoms with van der Waals surface area (Å²) in [5.74, 6) is 0.441. The molecule has 6 nitrogen and oxygen atoms in total. The first kappa shape index (κ1) is 18.1. The molecule has 0 aliphatic rings. The third-order valence-corrected chi connectivity index (χ3v) is 4.70. The highest BCUT2D eigenvalue weighted by molar-refractivity contribution is 7.90. The molecule has 128 valence electrons. The predicted molar refractivity (Wildman–Crippen MR) is 92.1 cm³/mol. The molecule has 2 aromatic rings. The van der Waals surface area contributed by atoms with Crippen molar-refractivity contribution in [2.24, 2.45) is 0 Å². The maximum absolute atomic E-state index is 12.4. The lowest BCUT2D eigenvalue weighted by Crippen LogP contribution is -2.13. The van der Waals surface area contributed by atoms with Crippen LogP contribution in [0.25, 0.3) is 0 Å². The molecule has 0 spiro atoms. The molecular weight excluding hydrogens is 354 g/mol. The van der Waals surface area contributed by atoms with Gasteiger partial charge in [0.2, 0.25) is 0 Å². The molecule has 0 bridgehead atoms. The third-order valence-electron chi connectivity index (χ3n) is 3.26. The van der Waals surface area contributed by atoms with Crippen molar-refractivity contribution < 1.29 is 22.7 Å². The van der Waals surface area contributed by atoms with E-state index >= 15 is 0 Å². The number of ether oxygens (including phenoxy) is 2. The van der Waals surface area contributed by atoms with Crippen LogP contribution in [0, 0.1) is 0 Å². The number of hydrogen-bond donors (Lipinski definition) is 1. The average molecular weight is 370 g/mol. The zero-order chi connectivity index (χ0) is 17.9. The van der Waals surface area contributed by atoms with Gasteiger partial charge in [-0.15, -0.1) is 0 Å². The van der Waals surface area contributed by atoms with Crippen LogP contribution in [0.3, 0.4) is 0 Å². The minimum Gasteiger partial charge on any atom is -0.493 e. The number of hydrogen-bond acceptors (Lipinski definition) is 5. The molecule has 0 saturated heterocycles. The molecule has 0 radical (unpaired) electrons. The summed E-state index contributed by atoms with van der Waals surface area (Å²) in [4.78, 5) is 12.4. The van der Waals surface area contributed by atoms with Gasteiger partial charge in [-0.05, 0) is 36.4 Å². The van der Waals surface area contributed by atoms with E-state index in [1.54, 1.807) is 12.1 Å². The molecule has 0 aromatic heterocycles. The standard InChI is InChI=1S/C16H16ClNO5S/c1-22-14-7-4-10(8-15(14)23-2)16(19)18-13-9-11(24(3,20)21)5-6-12(13)17/h4-9H,1-3H3,(H,18,19). The molecule has 8 heteroatoms. The van der Waals surface area contributed by atoms with E-state index in [9.17, 15) is 13.2 Å². The summed E-state index contributed by atoms with van der Waals surface area (Å²) in [7, 11) is -0.450. The van der Waals surface area contributed by atoms with Gasteiger partial charge >= 0.3 is 0 Å². The number of amides is 1. The van der Waals surface area contributed by atoms with Crippen LogP contribution in [0.5, 0.6) is 11.5 Å². The number of carbonyl (C=O) groups is 1. The van der Waals surface area contributed by atoms with E-state index in [-0.39, 0.29) is 15.6 Å². The number of nitrogens with one attached hydrogen (secondary N) is 1. The molecule has 0 aliphatic carbocycles. The first-order valence-electron chi connectivity index (χ1n) is 6.79. The van der Waals surface area contributed by atoms with Crippen LogP contribution in [-0.4, -0.2) is 34.8 Å². The Morgan fingerprint density at radius 3 is 2.29 bits per heavy atom. The van der Waals surface area contributed by atoms with Crippen LogP contribution in [0.2, 0.25) is 5.02 Å². The second-order valence-corrected chi connectivity index (χ2v) is 7.36. The van der Waals surface area contributed by atoms with Crippen molar-refractivity contribution in [3.05, 3.63) is 47.0 Å². The topological polar surface area (TPSA) is 81.7 Å². The molecule has 2 aromatic carbocycles. The molecule has 2 rings (SSSR count). The van der Waals surface area contributed by atoms with Crippen LogP contribution in [0.15, 0.2) is 41.3 Å². The van der Waals surface area contributed by atoms with E-state index < -0.39 is 15.7 Å². The van der Waals surface area contributed by atoms with Gasteiger partial charge in [0.25, 0.3) is 5.91 Å². The number of benzene rings is 2. The number of anilines is 1. The largest absolute Gasteiger partial charge is 0.493 e. The Morgan fingerprint density at radius 2 is 1.71 bits per heavy atom. The SMILES string of the molecule is COc1ccc(C(=O)Nc2cc(S(C)(=O)=O)ccc2Cl)cc1OC. The van der Waals surface area contributed by atoms with Crippen LogP contribution in [-0.2, 0) is 9.84 Å². The Morgan fingerprint density at radius 1 is 1.04 bits per heavy atom. The molecular formula is C16H16ClNO5S. The van der Waals surface area contributed by atoms with Crippen molar-refractivity contribution in [1.82, 2.24) is 0 Å². The minimum absolute atomic E-state index is 0.0644. The average Bonchev–Trinajstić information content (AvgIpc) is 2.55. The van der Waals surface area contributed by atoms with Gasteiger partial charge < -0.3 is 14.8 Å². The summed E-state index contributed by atoms with van der Waals surface area (Å²) in [5, 5.41) is 2.83. The van der Waals surface area contributed by atoms with Gasteiger partial charge in [0, 0.05) is 11.8 Å². The monoisotopic (exact) mass is 369 g/mol.